The van der Waals surface area contributed by atoms with E-state index in [9.17, 15) is 9.18 Å². The van der Waals surface area contributed by atoms with Crippen molar-refractivity contribution in [2.75, 3.05) is 12.3 Å². The number of halogens is 1. The van der Waals surface area contributed by atoms with E-state index in [2.05, 4.69) is 10.4 Å². The minimum Gasteiger partial charge on any atom is -0.351 e. The highest BCUT2D eigenvalue weighted by molar-refractivity contribution is 7.98. The highest BCUT2D eigenvalue weighted by Crippen LogP contribution is 2.16. The van der Waals surface area contributed by atoms with E-state index in [1.54, 1.807) is 41.8 Å². The molecule has 0 saturated carbocycles. The quantitative estimate of drug-likeness (QED) is 0.661. The van der Waals surface area contributed by atoms with Gasteiger partial charge in [-0.05, 0) is 23.8 Å². The van der Waals surface area contributed by atoms with Gasteiger partial charge in [0.2, 0.25) is 0 Å². The van der Waals surface area contributed by atoms with E-state index >= 15 is 0 Å². The molecule has 7 heteroatoms. The first-order chi connectivity index (χ1) is 12.2. The van der Waals surface area contributed by atoms with Crippen LogP contribution in [0.4, 0.5) is 4.39 Å². The van der Waals surface area contributed by atoms with E-state index in [1.807, 2.05) is 35.2 Å². The molecule has 1 N–H and O–H groups in total. The van der Waals surface area contributed by atoms with Crippen molar-refractivity contribution < 1.29 is 9.18 Å². The molecule has 2 aromatic heterocycles. The molecular weight excluding hydrogens is 339 g/mol. The smallest absolute Gasteiger partial charge is 0.256 e. The van der Waals surface area contributed by atoms with Gasteiger partial charge in [0.1, 0.15) is 17.2 Å². The lowest BCUT2D eigenvalue weighted by Gasteiger charge is -2.08. The fourth-order valence-electron chi connectivity index (χ4n) is 2.50. The number of aryl methyl sites for hydroxylation is 1. The zero-order valence-electron chi connectivity index (χ0n) is 13.9. The van der Waals surface area contributed by atoms with Crippen LogP contribution in [-0.2, 0) is 12.8 Å². The van der Waals surface area contributed by atoms with Crippen LogP contribution in [0.25, 0.3) is 5.82 Å². The molecule has 2 heterocycles. The molecule has 3 rings (SSSR count). The summed E-state index contributed by atoms with van der Waals surface area (Å²) in [7, 11) is 1.80. The van der Waals surface area contributed by atoms with Crippen molar-refractivity contribution in [3.05, 3.63) is 71.9 Å². The summed E-state index contributed by atoms with van der Waals surface area (Å²) in [6.07, 6.45) is 5.31. The second-order valence-corrected chi connectivity index (χ2v) is 6.60. The Labute approximate surface area is 149 Å². The first kappa shape index (κ1) is 17.3. The molecule has 0 saturated heterocycles. The summed E-state index contributed by atoms with van der Waals surface area (Å²) in [6, 6.07) is 10.5. The summed E-state index contributed by atoms with van der Waals surface area (Å²) in [5, 5.41) is 7.07. The van der Waals surface area contributed by atoms with E-state index < -0.39 is 0 Å². The molecule has 0 spiro atoms. The Balaban J connectivity index is 1.51. The average molecular weight is 358 g/mol. The van der Waals surface area contributed by atoms with Crippen LogP contribution in [0.5, 0.6) is 0 Å². The van der Waals surface area contributed by atoms with Gasteiger partial charge < -0.3 is 9.88 Å². The zero-order valence-corrected chi connectivity index (χ0v) is 14.7. The van der Waals surface area contributed by atoms with E-state index in [1.165, 1.54) is 6.07 Å². The van der Waals surface area contributed by atoms with Crippen molar-refractivity contribution in [3.8, 4) is 5.82 Å². The Hall–Kier alpha value is -2.54. The van der Waals surface area contributed by atoms with Crippen molar-refractivity contribution >= 4 is 17.7 Å². The van der Waals surface area contributed by atoms with Gasteiger partial charge in [-0.25, -0.2) is 4.39 Å². The number of rotatable bonds is 7. The minimum atomic E-state index is -0.189. The lowest BCUT2D eigenvalue weighted by molar-refractivity contribution is 0.0956. The van der Waals surface area contributed by atoms with Crippen LogP contribution in [0, 0.1) is 5.82 Å². The summed E-state index contributed by atoms with van der Waals surface area (Å²) in [6.45, 7) is 0.512. The van der Waals surface area contributed by atoms with Gasteiger partial charge in [-0.2, -0.15) is 16.9 Å². The maximum atomic E-state index is 13.5. The zero-order chi connectivity index (χ0) is 17.6. The average Bonchev–Trinajstić information content (AvgIpc) is 3.25. The molecular formula is C18H19FN4OS. The highest BCUT2D eigenvalue weighted by atomic mass is 32.2. The molecule has 0 unspecified atom stereocenters. The number of hydrogen-bond acceptors (Lipinski definition) is 3. The highest BCUT2D eigenvalue weighted by Gasteiger charge is 2.16. The Morgan fingerprint density at radius 2 is 2.00 bits per heavy atom. The molecule has 3 aromatic rings. The van der Waals surface area contributed by atoms with Gasteiger partial charge in [-0.1, -0.05) is 18.2 Å². The standard InChI is InChI=1S/C18H19FN4OS/c1-22-18(23-9-4-5-10-23)15(12-21-22)17(24)20-8-11-25-13-14-6-2-3-7-16(14)19/h2-7,9-10,12H,8,11,13H2,1H3,(H,20,24). The number of benzene rings is 1. The Kier molecular flexibility index (Phi) is 5.55. The lowest BCUT2D eigenvalue weighted by atomic mass is 10.2. The van der Waals surface area contributed by atoms with Crippen molar-refractivity contribution in [3.63, 3.8) is 0 Å². The van der Waals surface area contributed by atoms with Crippen LogP contribution in [0.2, 0.25) is 0 Å². The van der Waals surface area contributed by atoms with E-state index in [0.29, 0.717) is 29.2 Å². The van der Waals surface area contributed by atoms with Crippen molar-refractivity contribution in [1.82, 2.24) is 19.7 Å². The number of nitrogens with zero attached hydrogens (tertiary/aromatic N) is 3. The largest absolute Gasteiger partial charge is 0.351 e. The maximum absolute atomic E-state index is 13.5. The van der Waals surface area contributed by atoms with Crippen LogP contribution < -0.4 is 5.32 Å². The summed E-state index contributed by atoms with van der Waals surface area (Å²) in [4.78, 5) is 12.4. The van der Waals surface area contributed by atoms with Gasteiger partial charge in [0.25, 0.3) is 5.91 Å². The normalized spacial score (nSPS) is 10.8. The Bertz CT molecular complexity index is 845. The number of amides is 1. The molecule has 0 aliphatic rings. The van der Waals surface area contributed by atoms with Gasteiger partial charge in [0, 0.05) is 37.5 Å². The van der Waals surface area contributed by atoms with E-state index in [0.717, 1.165) is 5.82 Å². The first-order valence-electron chi connectivity index (χ1n) is 7.91. The monoisotopic (exact) mass is 358 g/mol. The van der Waals surface area contributed by atoms with Gasteiger partial charge in [0.15, 0.2) is 0 Å². The fourth-order valence-corrected chi connectivity index (χ4v) is 3.35. The maximum Gasteiger partial charge on any atom is 0.256 e. The third-order valence-corrected chi connectivity index (χ3v) is 4.76. The van der Waals surface area contributed by atoms with E-state index in [4.69, 9.17) is 0 Å². The molecule has 1 aromatic carbocycles. The number of carbonyl (C=O) groups is 1. The molecule has 0 fully saturated rings. The van der Waals surface area contributed by atoms with Crippen molar-refractivity contribution in [2.45, 2.75) is 5.75 Å². The van der Waals surface area contributed by atoms with Crippen LogP contribution in [0.3, 0.4) is 0 Å². The third-order valence-electron chi connectivity index (χ3n) is 3.75. The predicted octanol–water partition coefficient (Wildman–Crippen LogP) is 3.01. The summed E-state index contributed by atoms with van der Waals surface area (Å²) < 4.78 is 17.1. The van der Waals surface area contributed by atoms with Crippen LogP contribution in [0.1, 0.15) is 15.9 Å². The molecule has 0 bridgehead atoms. The molecule has 25 heavy (non-hydrogen) atoms. The lowest BCUT2D eigenvalue weighted by Crippen LogP contribution is -2.26. The molecule has 0 aliphatic carbocycles. The van der Waals surface area contributed by atoms with Crippen molar-refractivity contribution in [2.24, 2.45) is 7.05 Å². The van der Waals surface area contributed by atoms with E-state index in [-0.39, 0.29) is 11.7 Å². The molecule has 0 aliphatic heterocycles. The Morgan fingerprint density at radius 3 is 2.76 bits per heavy atom. The van der Waals surface area contributed by atoms with Gasteiger partial charge in [0.05, 0.1) is 6.20 Å². The minimum absolute atomic E-state index is 0.164. The molecule has 0 radical (unpaired) electrons. The number of nitrogens with one attached hydrogen (secondary N) is 1. The topological polar surface area (TPSA) is 51.9 Å². The van der Waals surface area contributed by atoms with Crippen LogP contribution >= 0.6 is 11.8 Å². The second-order valence-electron chi connectivity index (χ2n) is 5.50. The summed E-state index contributed by atoms with van der Waals surface area (Å²) in [5.41, 5.74) is 1.21. The second kappa shape index (κ2) is 8.02. The fraction of sp³-hybridized carbons (Fsp3) is 0.222. The number of thioether (sulfide) groups is 1. The molecule has 130 valence electrons. The predicted molar refractivity (Wildman–Crippen MR) is 97.4 cm³/mol. The Morgan fingerprint density at radius 1 is 1.24 bits per heavy atom. The third kappa shape index (κ3) is 4.11. The first-order valence-corrected chi connectivity index (χ1v) is 9.07. The molecule has 0 atom stereocenters. The number of hydrogen-bond donors (Lipinski definition) is 1. The van der Waals surface area contributed by atoms with Crippen LogP contribution in [0.15, 0.2) is 55.0 Å². The van der Waals surface area contributed by atoms with Gasteiger partial charge >= 0.3 is 0 Å². The van der Waals surface area contributed by atoms with Gasteiger partial charge in [-0.15, -0.1) is 0 Å². The summed E-state index contributed by atoms with van der Waals surface area (Å²) in [5.74, 6) is 1.67. The number of aromatic nitrogens is 3. The van der Waals surface area contributed by atoms with Crippen LogP contribution in [-0.4, -0.2) is 32.6 Å². The molecule has 1 amide bonds. The summed E-state index contributed by atoms with van der Waals surface area (Å²) >= 11 is 1.58. The molecule has 5 nitrogen and oxygen atoms in total. The number of carbonyl (C=O) groups excluding carboxylic acids is 1. The SMILES string of the molecule is Cn1ncc(C(=O)NCCSCc2ccccc2F)c1-n1cccc1. The van der Waals surface area contributed by atoms with Crippen molar-refractivity contribution in [1.29, 1.82) is 0 Å². The van der Waals surface area contributed by atoms with Gasteiger partial charge in [-0.3, -0.25) is 9.48 Å².